The lowest BCUT2D eigenvalue weighted by atomic mass is 10.1. The number of nitrogens with two attached hydrogens (primary N) is 1. The van der Waals surface area contributed by atoms with Crippen LogP contribution in [-0.2, 0) is 17.8 Å². The summed E-state index contributed by atoms with van der Waals surface area (Å²) in [7, 11) is 0. The molecule has 1 aliphatic heterocycles. The van der Waals surface area contributed by atoms with Crippen molar-refractivity contribution in [3.8, 4) is 0 Å². The smallest absolute Gasteiger partial charge is 0.188 e. The van der Waals surface area contributed by atoms with Gasteiger partial charge < -0.3 is 20.4 Å². The van der Waals surface area contributed by atoms with E-state index in [1.165, 1.54) is 5.56 Å². The second-order valence-electron chi connectivity index (χ2n) is 6.86. The number of hydrogen-bond donors (Lipinski definition) is 2. The average Bonchev–Trinajstić information content (AvgIpc) is 3.09. The summed E-state index contributed by atoms with van der Waals surface area (Å²) in [6.07, 6.45) is 4.88. The van der Waals surface area contributed by atoms with Gasteiger partial charge in [0.2, 0.25) is 0 Å². The summed E-state index contributed by atoms with van der Waals surface area (Å²) in [5.41, 5.74) is 8.39. The lowest BCUT2D eigenvalue weighted by Crippen LogP contribution is -2.39. The minimum Gasteiger partial charge on any atom is -0.379 e. The van der Waals surface area contributed by atoms with Crippen LogP contribution < -0.4 is 11.1 Å². The maximum Gasteiger partial charge on any atom is 0.188 e. The molecule has 1 aromatic carbocycles. The van der Waals surface area contributed by atoms with Crippen LogP contribution in [0.2, 0.25) is 0 Å². The van der Waals surface area contributed by atoms with Gasteiger partial charge in [-0.05, 0) is 31.0 Å². The molecule has 1 aliphatic rings. The number of nitrogens with zero attached hydrogens (tertiary/aromatic N) is 4. The SMILES string of the molecule is Cc1nccn1Cc1cccc(CN=C(N)NCCCN2CCOCC2)c1. The Kier molecular flexibility index (Phi) is 7.24. The Hall–Kier alpha value is -2.38. The quantitative estimate of drug-likeness (QED) is 0.417. The zero-order valence-corrected chi connectivity index (χ0v) is 16.1. The summed E-state index contributed by atoms with van der Waals surface area (Å²) in [5.74, 6) is 1.52. The molecule has 0 atom stereocenters. The largest absolute Gasteiger partial charge is 0.379 e. The van der Waals surface area contributed by atoms with Gasteiger partial charge in [-0.15, -0.1) is 0 Å². The van der Waals surface area contributed by atoms with Gasteiger partial charge in [0.15, 0.2) is 5.96 Å². The van der Waals surface area contributed by atoms with Gasteiger partial charge in [-0.2, -0.15) is 0 Å². The lowest BCUT2D eigenvalue weighted by molar-refractivity contribution is 0.0376. The van der Waals surface area contributed by atoms with Crippen LogP contribution in [0.1, 0.15) is 23.4 Å². The van der Waals surface area contributed by atoms with Gasteiger partial charge in [0, 0.05) is 38.6 Å². The number of nitrogens with one attached hydrogen (secondary N) is 1. The van der Waals surface area contributed by atoms with Crippen molar-refractivity contribution in [3.05, 3.63) is 53.6 Å². The highest BCUT2D eigenvalue weighted by Gasteiger charge is 2.09. The second kappa shape index (κ2) is 10.1. The summed E-state index contributed by atoms with van der Waals surface area (Å²) < 4.78 is 7.49. The molecule has 27 heavy (non-hydrogen) atoms. The molecule has 1 saturated heterocycles. The van der Waals surface area contributed by atoms with E-state index in [1.54, 1.807) is 0 Å². The monoisotopic (exact) mass is 370 g/mol. The molecule has 0 aliphatic carbocycles. The number of guanidine groups is 1. The molecule has 1 aromatic heterocycles. The molecular formula is C20H30N6O. The predicted octanol–water partition coefficient (Wildman–Crippen LogP) is 1.37. The molecule has 7 nitrogen and oxygen atoms in total. The Labute approximate surface area is 161 Å². The van der Waals surface area contributed by atoms with E-state index in [-0.39, 0.29) is 0 Å². The minimum atomic E-state index is 0.507. The average molecular weight is 371 g/mol. The van der Waals surface area contributed by atoms with Crippen molar-refractivity contribution >= 4 is 5.96 Å². The van der Waals surface area contributed by atoms with Crippen LogP contribution in [0, 0.1) is 6.92 Å². The highest BCUT2D eigenvalue weighted by atomic mass is 16.5. The van der Waals surface area contributed by atoms with E-state index in [4.69, 9.17) is 10.5 Å². The third-order valence-electron chi connectivity index (χ3n) is 4.76. The van der Waals surface area contributed by atoms with Gasteiger partial charge in [-0.25, -0.2) is 9.98 Å². The number of morpholine rings is 1. The number of imidazole rings is 1. The van der Waals surface area contributed by atoms with Crippen LogP contribution >= 0.6 is 0 Å². The fourth-order valence-electron chi connectivity index (χ4n) is 3.17. The molecule has 0 bridgehead atoms. The Morgan fingerprint density at radius 2 is 2.11 bits per heavy atom. The molecule has 0 saturated carbocycles. The highest BCUT2D eigenvalue weighted by molar-refractivity contribution is 5.77. The number of hydrogen-bond acceptors (Lipinski definition) is 4. The van der Waals surface area contributed by atoms with Crippen molar-refractivity contribution in [1.82, 2.24) is 19.8 Å². The Morgan fingerprint density at radius 1 is 1.30 bits per heavy atom. The van der Waals surface area contributed by atoms with Crippen molar-refractivity contribution in [2.24, 2.45) is 10.7 Å². The normalized spacial score (nSPS) is 15.8. The lowest BCUT2D eigenvalue weighted by Gasteiger charge is -2.26. The van der Waals surface area contributed by atoms with E-state index < -0.39 is 0 Å². The number of aryl methyl sites for hydroxylation is 1. The van der Waals surface area contributed by atoms with Crippen molar-refractivity contribution in [2.45, 2.75) is 26.4 Å². The molecular weight excluding hydrogens is 340 g/mol. The first-order chi connectivity index (χ1) is 13.2. The van der Waals surface area contributed by atoms with E-state index in [9.17, 15) is 0 Å². The molecule has 0 spiro atoms. The number of aliphatic imine (C=N–C) groups is 1. The Bertz CT molecular complexity index is 736. The molecule has 146 valence electrons. The number of aromatic nitrogens is 2. The van der Waals surface area contributed by atoms with Gasteiger partial charge in [-0.1, -0.05) is 24.3 Å². The first-order valence-electron chi connectivity index (χ1n) is 9.60. The fraction of sp³-hybridized carbons (Fsp3) is 0.500. The molecule has 0 unspecified atom stereocenters. The molecule has 3 rings (SSSR count). The van der Waals surface area contributed by atoms with Crippen LogP contribution in [0.5, 0.6) is 0 Å². The predicted molar refractivity (Wildman–Crippen MR) is 108 cm³/mol. The topological polar surface area (TPSA) is 80.7 Å². The van der Waals surface area contributed by atoms with Gasteiger partial charge >= 0.3 is 0 Å². The van der Waals surface area contributed by atoms with Crippen LogP contribution in [0.25, 0.3) is 0 Å². The van der Waals surface area contributed by atoms with Crippen molar-refractivity contribution in [1.29, 1.82) is 0 Å². The molecule has 1 fully saturated rings. The van der Waals surface area contributed by atoms with Gasteiger partial charge in [-0.3, -0.25) is 4.90 Å². The van der Waals surface area contributed by atoms with Crippen LogP contribution in [0.15, 0.2) is 41.7 Å². The maximum absolute atomic E-state index is 6.00. The summed E-state index contributed by atoms with van der Waals surface area (Å²) in [4.78, 5) is 11.2. The summed E-state index contributed by atoms with van der Waals surface area (Å²) in [6, 6.07) is 8.45. The molecule has 2 aromatic rings. The van der Waals surface area contributed by atoms with E-state index in [0.717, 1.165) is 63.7 Å². The standard InChI is InChI=1S/C20H30N6O/c1-17-22-7-9-26(17)16-19-5-2-4-18(14-19)15-24-20(21)23-6-3-8-25-10-12-27-13-11-25/h2,4-5,7,9,14H,3,6,8,10-13,15-16H2,1H3,(H3,21,23,24). The van der Waals surface area contributed by atoms with Crippen LogP contribution in [-0.4, -0.2) is 59.8 Å². The number of ether oxygens (including phenoxy) is 1. The second-order valence-corrected chi connectivity index (χ2v) is 6.86. The zero-order valence-electron chi connectivity index (χ0n) is 16.1. The van der Waals surface area contributed by atoms with E-state index in [2.05, 4.69) is 49.0 Å². The molecule has 0 amide bonds. The molecule has 7 heteroatoms. The minimum absolute atomic E-state index is 0.507. The third kappa shape index (κ3) is 6.37. The summed E-state index contributed by atoms with van der Waals surface area (Å²) >= 11 is 0. The van der Waals surface area contributed by atoms with E-state index in [0.29, 0.717) is 12.5 Å². The van der Waals surface area contributed by atoms with Crippen LogP contribution in [0.3, 0.4) is 0 Å². The van der Waals surface area contributed by atoms with Gasteiger partial charge in [0.1, 0.15) is 5.82 Å². The van der Waals surface area contributed by atoms with E-state index in [1.807, 2.05) is 19.3 Å². The highest BCUT2D eigenvalue weighted by Crippen LogP contribution is 2.09. The van der Waals surface area contributed by atoms with E-state index >= 15 is 0 Å². The Balaban J connectivity index is 1.41. The summed E-state index contributed by atoms with van der Waals surface area (Å²) in [5, 5.41) is 3.21. The van der Waals surface area contributed by atoms with Crippen molar-refractivity contribution < 1.29 is 4.74 Å². The number of benzene rings is 1. The molecule has 2 heterocycles. The first-order valence-corrected chi connectivity index (χ1v) is 9.60. The van der Waals surface area contributed by atoms with Crippen molar-refractivity contribution in [3.63, 3.8) is 0 Å². The third-order valence-corrected chi connectivity index (χ3v) is 4.76. The van der Waals surface area contributed by atoms with Crippen LogP contribution in [0.4, 0.5) is 0 Å². The fourth-order valence-corrected chi connectivity index (χ4v) is 3.17. The maximum atomic E-state index is 6.00. The number of rotatable bonds is 8. The zero-order chi connectivity index (χ0) is 18.9. The van der Waals surface area contributed by atoms with Crippen molar-refractivity contribution in [2.75, 3.05) is 39.4 Å². The first kappa shape index (κ1) is 19.4. The molecule has 0 radical (unpaired) electrons. The van der Waals surface area contributed by atoms with Gasteiger partial charge in [0.25, 0.3) is 0 Å². The summed E-state index contributed by atoms with van der Waals surface area (Å²) in [6.45, 7) is 9.06. The Morgan fingerprint density at radius 3 is 2.89 bits per heavy atom. The van der Waals surface area contributed by atoms with Gasteiger partial charge in [0.05, 0.1) is 19.8 Å². The molecule has 3 N–H and O–H groups in total.